The Morgan fingerprint density at radius 2 is 1.81 bits per heavy atom. The van der Waals surface area contributed by atoms with E-state index in [4.69, 9.17) is 4.74 Å². The molecule has 4 aromatic rings. The molecule has 1 aliphatic rings. The second kappa shape index (κ2) is 9.33. The Hall–Kier alpha value is -3.82. The molecule has 0 spiro atoms. The molecule has 182 valence electrons. The molecule has 0 bridgehead atoms. The van der Waals surface area contributed by atoms with Crippen molar-refractivity contribution < 1.29 is 22.7 Å². The van der Waals surface area contributed by atoms with Crippen molar-refractivity contribution in [1.29, 1.82) is 0 Å². The number of amides is 1. The second-order valence-corrected chi connectivity index (χ2v) is 11.6. The SMILES string of the molecule is COC(=O)c1cccc(S(=O)(=O)Cc2cncc(-c3ccc(-c4ccc5c(c4)CN(C)C5=O)s3)c2)c1. The van der Waals surface area contributed by atoms with Gasteiger partial charge in [0.25, 0.3) is 5.91 Å². The van der Waals surface area contributed by atoms with Crippen LogP contribution in [0.2, 0.25) is 0 Å². The van der Waals surface area contributed by atoms with Gasteiger partial charge in [0, 0.05) is 46.9 Å². The molecule has 3 heterocycles. The number of nitrogens with zero attached hydrogens (tertiary/aromatic N) is 2. The number of thiophene rings is 1. The molecular weight excluding hydrogens is 496 g/mol. The van der Waals surface area contributed by atoms with Gasteiger partial charge in [-0.05, 0) is 65.2 Å². The lowest BCUT2D eigenvalue weighted by atomic mass is 10.1. The number of hydrogen-bond acceptors (Lipinski definition) is 7. The highest BCUT2D eigenvalue weighted by molar-refractivity contribution is 7.90. The lowest BCUT2D eigenvalue weighted by Crippen LogP contribution is -2.17. The Labute approximate surface area is 212 Å². The predicted molar refractivity (Wildman–Crippen MR) is 137 cm³/mol. The van der Waals surface area contributed by atoms with E-state index in [-0.39, 0.29) is 22.1 Å². The third-order valence-corrected chi connectivity index (χ3v) is 8.90. The molecule has 0 N–H and O–H groups in total. The Morgan fingerprint density at radius 1 is 1.03 bits per heavy atom. The second-order valence-electron chi connectivity index (χ2n) is 8.56. The fourth-order valence-electron chi connectivity index (χ4n) is 4.21. The van der Waals surface area contributed by atoms with Gasteiger partial charge in [0.15, 0.2) is 9.84 Å². The summed E-state index contributed by atoms with van der Waals surface area (Å²) in [6.45, 7) is 0.600. The van der Waals surface area contributed by atoms with Gasteiger partial charge in [-0.1, -0.05) is 12.1 Å². The van der Waals surface area contributed by atoms with Gasteiger partial charge in [-0.15, -0.1) is 11.3 Å². The molecule has 0 atom stereocenters. The number of hydrogen-bond donors (Lipinski definition) is 0. The van der Waals surface area contributed by atoms with Crippen LogP contribution in [0.5, 0.6) is 0 Å². The fourth-order valence-corrected chi connectivity index (χ4v) is 6.55. The van der Waals surface area contributed by atoms with Crippen molar-refractivity contribution in [2.45, 2.75) is 17.2 Å². The number of fused-ring (bicyclic) bond motifs is 1. The molecule has 0 radical (unpaired) electrons. The zero-order valence-electron chi connectivity index (χ0n) is 19.6. The molecule has 36 heavy (non-hydrogen) atoms. The first-order chi connectivity index (χ1) is 17.2. The first-order valence-electron chi connectivity index (χ1n) is 11.1. The van der Waals surface area contributed by atoms with E-state index in [1.807, 2.05) is 30.3 Å². The van der Waals surface area contributed by atoms with Crippen molar-refractivity contribution in [2.75, 3.05) is 14.2 Å². The molecule has 0 unspecified atom stereocenters. The van der Waals surface area contributed by atoms with Gasteiger partial charge in [0.1, 0.15) is 0 Å². The van der Waals surface area contributed by atoms with Gasteiger partial charge in [-0.25, -0.2) is 13.2 Å². The van der Waals surface area contributed by atoms with Crippen LogP contribution < -0.4 is 0 Å². The zero-order valence-corrected chi connectivity index (χ0v) is 21.2. The highest BCUT2D eigenvalue weighted by atomic mass is 32.2. The summed E-state index contributed by atoms with van der Waals surface area (Å²) in [4.78, 5) is 32.0. The Kier molecular flexibility index (Phi) is 6.19. The summed E-state index contributed by atoms with van der Waals surface area (Å²) >= 11 is 1.58. The van der Waals surface area contributed by atoms with Crippen LogP contribution in [0.25, 0.3) is 20.9 Å². The summed E-state index contributed by atoms with van der Waals surface area (Å²) in [5.74, 6) is -0.798. The average Bonchev–Trinajstić information content (AvgIpc) is 3.48. The Balaban J connectivity index is 1.39. The lowest BCUT2D eigenvalue weighted by molar-refractivity contribution is 0.0600. The molecule has 7 nitrogen and oxygen atoms in total. The third-order valence-electron chi connectivity index (χ3n) is 6.03. The Morgan fingerprint density at radius 3 is 2.58 bits per heavy atom. The summed E-state index contributed by atoms with van der Waals surface area (Å²) in [5, 5.41) is 0. The standard InChI is InChI=1S/C27H22N2O5S2/c1-29-15-21-11-18(6-7-23(21)26(29)30)24-8-9-25(35-24)20-10-17(13-28-14-20)16-36(32,33)22-5-3-4-19(12-22)27(31)34-2/h3-14H,15-16H2,1-2H3. The van der Waals surface area contributed by atoms with Gasteiger partial charge in [0.05, 0.1) is 23.3 Å². The maximum absolute atomic E-state index is 13.0. The van der Waals surface area contributed by atoms with E-state index in [9.17, 15) is 18.0 Å². The Bertz CT molecular complexity index is 1610. The van der Waals surface area contributed by atoms with E-state index in [0.717, 1.165) is 32.0 Å². The van der Waals surface area contributed by atoms with Crippen molar-refractivity contribution in [3.63, 3.8) is 0 Å². The van der Waals surface area contributed by atoms with E-state index in [2.05, 4.69) is 11.1 Å². The number of carbonyl (C=O) groups excluding carboxylic acids is 2. The molecular formula is C27H22N2O5S2. The molecule has 1 aliphatic heterocycles. The van der Waals surface area contributed by atoms with E-state index in [0.29, 0.717) is 12.1 Å². The van der Waals surface area contributed by atoms with Crippen LogP contribution in [0.1, 0.15) is 31.8 Å². The van der Waals surface area contributed by atoms with Crippen LogP contribution in [0, 0.1) is 0 Å². The number of benzene rings is 2. The minimum atomic E-state index is -3.71. The van der Waals surface area contributed by atoms with Gasteiger partial charge in [0.2, 0.25) is 0 Å². The summed E-state index contributed by atoms with van der Waals surface area (Å²) in [6.07, 6.45) is 3.24. The number of ether oxygens (including phenoxy) is 1. The number of esters is 1. The van der Waals surface area contributed by atoms with E-state index < -0.39 is 15.8 Å². The lowest BCUT2D eigenvalue weighted by Gasteiger charge is -2.07. The number of pyridine rings is 1. The maximum Gasteiger partial charge on any atom is 0.337 e. The predicted octanol–water partition coefficient (Wildman–Crippen LogP) is 4.82. The maximum atomic E-state index is 13.0. The van der Waals surface area contributed by atoms with E-state index in [1.165, 1.54) is 37.6 Å². The third kappa shape index (κ3) is 4.55. The van der Waals surface area contributed by atoms with Gasteiger partial charge >= 0.3 is 5.97 Å². The molecule has 2 aromatic carbocycles. The van der Waals surface area contributed by atoms with Crippen molar-refractivity contribution >= 4 is 33.1 Å². The monoisotopic (exact) mass is 518 g/mol. The van der Waals surface area contributed by atoms with Crippen LogP contribution in [0.3, 0.4) is 0 Å². The number of rotatable bonds is 6. The van der Waals surface area contributed by atoms with Crippen LogP contribution in [0.4, 0.5) is 0 Å². The zero-order chi connectivity index (χ0) is 25.4. The molecule has 0 saturated carbocycles. The summed E-state index contributed by atoms with van der Waals surface area (Å²) in [6, 6.07) is 17.5. The van der Waals surface area contributed by atoms with Gasteiger partial charge in [-0.3, -0.25) is 9.78 Å². The fraction of sp³-hybridized carbons (Fsp3) is 0.148. The highest BCUT2D eigenvalue weighted by Gasteiger charge is 2.24. The minimum absolute atomic E-state index is 0.0401. The van der Waals surface area contributed by atoms with Crippen molar-refractivity contribution in [3.05, 3.63) is 95.3 Å². The number of aromatic nitrogens is 1. The summed E-state index contributed by atoms with van der Waals surface area (Å²) in [7, 11) is -0.662. The van der Waals surface area contributed by atoms with E-state index >= 15 is 0 Å². The van der Waals surface area contributed by atoms with Crippen LogP contribution in [0.15, 0.2) is 78.0 Å². The van der Waals surface area contributed by atoms with Crippen LogP contribution in [-0.2, 0) is 26.9 Å². The molecule has 0 saturated heterocycles. The van der Waals surface area contributed by atoms with Crippen molar-refractivity contribution in [1.82, 2.24) is 9.88 Å². The largest absolute Gasteiger partial charge is 0.465 e. The molecule has 0 aliphatic carbocycles. The van der Waals surface area contributed by atoms with Crippen LogP contribution in [-0.4, -0.2) is 44.3 Å². The first-order valence-corrected chi connectivity index (χ1v) is 13.6. The van der Waals surface area contributed by atoms with Crippen molar-refractivity contribution in [2.24, 2.45) is 0 Å². The van der Waals surface area contributed by atoms with Gasteiger partial charge < -0.3 is 9.64 Å². The minimum Gasteiger partial charge on any atom is -0.465 e. The summed E-state index contributed by atoms with van der Waals surface area (Å²) in [5.41, 5.74) is 4.33. The molecule has 5 rings (SSSR count). The quantitative estimate of drug-likeness (QED) is 0.340. The number of methoxy groups -OCH3 is 1. The van der Waals surface area contributed by atoms with Crippen molar-refractivity contribution in [3.8, 4) is 20.9 Å². The average molecular weight is 519 g/mol. The van der Waals surface area contributed by atoms with Gasteiger partial charge in [-0.2, -0.15) is 0 Å². The highest BCUT2D eigenvalue weighted by Crippen LogP contribution is 2.36. The van der Waals surface area contributed by atoms with E-state index in [1.54, 1.807) is 29.5 Å². The smallest absolute Gasteiger partial charge is 0.337 e. The molecule has 2 aromatic heterocycles. The number of sulfone groups is 1. The first kappa shape index (κ1) is 23.9. The normalized spacial score (nSPS) is 13.1. The topological polar surface area (TPSA) is 93.6 Å². The molecule has 1 amide bonds. The summed E-state index contributed by atoms with van der Waals surface area (Å²) < 4.78 is 30.8. The molecule has 0 fully saturated rings. The molecule has 9 heteroatoms. The van der Waals surface area contributed by atoms with Crippen LogP contribution >= 0.6 is 11.3 Å². The number of carbonyl (C=O) groups is 2.